The fourth-order valence-electron chi connectivity index (χ4n) is 1.90. The van der Waals surface area contributed by atoms with Gasteiger partial charge in [0, 0.05) is 4.47 Å². The number of rotatable bonds is 6. The molecule has 0 fully saturated rings. The van der Waals surface area contributed by atoms with Crippen LogP contribution in [0, 0.1) is 0 Å². The van der Waals surface area contributed by atoms with Gasteiger partial charge in [0.1, 0.15) is 5.92 Å². The summed E-state index contributed by atoms with van der Waals surface area (Å²) in [7, 11) is 0. The number of ether oxygens (including phenoxy) is 1. The number of benzene rings is 2. The van der Waals surface area contributed by atoms with E-state index in [0.717, 1.165) is 15.6 Å². The van der Waals surface area contributed by atoms with E-state index < -0.39 is 11.9 Å². The van der Waals surface area contributed by atoms with Crippen molar-refractivity contribution in [1.29, 1.82) is 0 Å². The number of aliphatic carboxylic acids is 1. The topological polar surface area (TPSA) is 46.5 Å². The molecule has 0 saturated carbocycles. The van der Waals surface area contributed by atoms with Crippen molar-refractivity contribution in [2.45, 2.75) is 12.5 Å². The Morgan fingerprint density at radius 1 is 1.10 bits per heavy atom. The molecular formula is C16H15BrO3. The molecule has 0 aromatic heterocycles. The SMILES string of the molecule is O=C(O)C(COCc1ccccc1Br)c1ccccc1. The first-order chi connectivity index (χ1) is 9.68. The van der Waals surface area contributed by atoms with Crippen LogP contribution < -0.4 is 0 Å². The van der Waals surface area contributed by atoms with Gasteiger partial charge in [0.2, 0.25) is 0 Å². The van der Waals surface area contributed by atoms with E-state index in [1.165, 1.54) is 0 Å². The van der Waals surface area contributed by atoms with Crippen LogP contribution in [-0.4, -0.2) is 17.7 Å². The van der Waals surface area contributed by atoms with Crippen LogP contribution in [0.1, 0.15) is 17.0 Å². The largest absolute Gasteiger partial charge is 0.481 e. The molecule has 4 heteroatoms. The lowest BCUT2D eigenvalue weighted by Crippen LogP contribution is -2.17. The molecule has 0 radical (unpaired) electrons. The average Bonchev–Trinajstić information content (AvgIpc) is 2.46. The molecule has 104 valence electrons. The van der Waals surface area contributed by atoms with E-state index in [2.05, 4.69) is 15.9 Å². The van der Waals surface area contributed by atoms with Crippen LogP contribution in [0.2, 0.25) is 0 Å². The molecule has 2 aromatic carbocycles. The molecule has 1 atom stereocenters. The van der Waals surface area contributed by atoms with Gasteiger partial charge in [-0.1, -0.05) is 64.5 Å². The van der Waals surface area contributed by atoms with E-state index in [0.29, 0.717) is 6.61 Å². The van der Waals surface area contributed by atoms with Crippen LogP contribution in [0.15, 0.2) is 59.1 Å². The Kier molecular flexibility index (Phi) is 5.32. The quantitative estimate of drug-likeness (QED) is 0.873. The molecule has 0 amide bonds. The Hall–Kier alpha value is -1.65. The summed E-state index contributed by atoms with van der Waals surface area (Å²) in [6.07, 6.45) is 0. The fraction of sp³-hybridized carbons (Fsp3) is 0.188. The zero-order valence-electron chi connectivity index (χ0n) is 10.8. The lowest BCUT2D eigenvalue weighted by atomic mass is 10.0. The maximum Gasteiger partial charge on any atom is 0.313 e. The zero-order chi connectivity index (χ0) is 14.4. The molecule has 0 heterocycles. The first-order valence-electron chi connectivity index (χ1n) is 6.27. The Labute approximate surface area is 126 Å². The van der Waals surface area contributed by atoms with Gasteiger partial charge in [0.05, 0.1) is 13.2 Å². The Bertz CT molecular complexity index is 569. The van der Waals surface area contributed by atoms with E-state index in [4.69, 9.17) is 4.74 Å². The predicted molar refractivity (Wildman–Crippen MR) is 80.6 cm³/mol. The predicted octanol–water partition coefficient (Wildman–Crippen LogP) is 3.83. The number of hydrogen-bond donors (Lipinski definition) is 1. The summed E-state index contributed by atoms with van der Waals surface area (Å²) in [6, 6.07) is 16.9. The molecule has 2 aromatic rings. The minimum atomic E-state index is -0.872. The van der Waals surface area contributed by atoms with Gasteiger partial charge < -0.3 is 9.84 Å². The molecule has 3 nitrogen and oxygen atoms in total. The highest BCUT2D eigenvalue weighted by Gasteiger charge is 2.19. The average molecular weight is 335 g/mol. The second kappa shape index (κ2) is 7.22. The number of carboxylic acid groups (broad SMARTS) is 1. The van der Waals surface area contributed by atoms with Crippen molar-refractivity contribution in [2.75, 3.05) is 6.61 Å². The van der Waals surface area contributed by atoms with Crippen LogP contribution in [0.25, 0.3) is 0 Å². The van der Waals surface area contributed by atoms with Gasteiger partial charge in [0.25, 0.3) is 0 Å². The maximum absolute atomic E-state index is 11.3. The molecule has 1 unspecified atom stereocenters. The van der Waals surface area contributed by atoms with Crippen molar-refractivity contribution in [3.63, 3.8) is 0 Å². The van der Waals surface area contributed by atoms with Gasteiger partial charge in [-0.3, -0.25) is 4.79 Å². The van der Waals surface area contributed by atoms with Gasteiger partial charge in [-0.25, -0.2) is 0 Å². The smallest absolute Gasteiger partial charge is 0.313 e. The summed E-state index contributed by atoms with van der Waals surface area (Å²) in [5.74, 6) is -1.51. The normalized spacial score (nSPS) is 12.1. The molecular weight excluding hydrogens is 320 g/mol. The van der Waals surface area contributed by atoms with E-state index in [9.17, 15) is 9.90 Å². The molecule has 0 bridgehead atoms. The van der Waals surface area contributed by atoms with Gasteiger partial charge in [-0.2, -0.15) is 0 Å². The van der Waals surface area contributed by atoms with Crippen molar-refractivity contribution in [1.82, 2.24) is 0 Å². The molecule has 0 aliphatic carbocycles. The summed E-state index contributed by atoms with van der Waals surface area (Å²) >= 11 is 3.44. The number of carbonyl (C=O) groups is 1. The summed E-state index contributed by atoms with van der Waals surface area (Å²) in [5, 5.41) is 9.29. The molecule has 0 saturated heterocycles. The van der Waals surface area contributed by atoms with Crippen molar-refractivity contribution in [3.8, 4) is 0 Å². The van der Waals surface area contributed by atoms with Crippen LogP contribution in [0.5, 0.6) is 0 Å². The Morgan fingerprint density at radius 3 is 2.40 bits per heavy atom. The van der Waals surface area contributed by atoms with Gasteiger partial charge in [-0.05, 0) is 17.2 Å². The summed E-state index contributed by atoms with van der Waals surface area (Å²) in [6.45, 7) is 0.540. The van der Waals surface area contributed by atoms with Crippen molar-refractivity contribution in [3.05, 3.63) is 70.2 Å². The molecule has 1 N–H and O–H groups in total. The van der Waals surface area contributed by atoms with Gasteiger partial charge >= 0.3 is 5.97 Å². The van der Waals surface area contributed by atoms with Crippen LogP contribution in [0.4, 0.5) is 0 Å². The van der Waals surface area contributed by atoms with Gasteiger partial charge in [-0.15, -0.1) is 0 Å². The van der Waals surface area contributed by atoms with Crippen molar-refractivity contribution in [2.24, 2.45) is 0 Å². The summed E-state index contributed by atoms with van der Waals surface area (Å²) in [5.41, 5.74) is 1.76. The highest BCUT2D eigenvalue weighted by Crippen LogP contribution is 2.20. The third kappa shape index (κ3) is 3.92. The molecule has 0 spiro atoms. The zero-order valence-corrected chi connectivity index (χ0v) is 12.4. The molecule has 20 heavy (non-hydrogen) atoms. The van der Waals surface area contributed by atoms with Crippen LogP contribution in [0.3, 0.4) is 0 Å². The minimum Gasteiger partial charge on any atom is -0.481 e. The summed E-state index contributed by atoms with van der Waals surface area (Å²) in [4.78, 5) is 11.3. The third-order valence-electron chi connectivity index (χ3n) is 3.00. The van der Waals surface area contributed by atoms with Crippen molar-refractivity contribution >= 4 is 21.9 Å². The number of halogens is 1. The second-order valence-corrected chi connectivity index (χ2v) is 5.26. The van der Waals surface area contributed by atoms with Crippen LogP contribution >= 0.6 is 15.9 Å². The van der Waals surface area contributed by atoms with E-state index in [1.54, 1.807) is 12.1 Å². The van der Waals surface area contributed by atoms with Crippen LogP contribution in [-0.2, 0) is 16.1 Å². The van der Waals surface area contributed by atoms with E-state index >= 15 is 0 Å². The van der Waals surface area contributed by atoms with Crippen molar-refractivity contribution < 1.29 is 14.6 Å². The van der Waals surface area contributed by atoms with E-state index in [-0.39, 0.29) is 6.61 Å². The fourth-order valence-corrected chi connectivity index (χ4v) is 2.30. The first-order valence-corrected chi connectivity index (χ1v) is 7.06. The lowest BCUT2D eigenvalue weighted by Gasteiger charge is -2.13. The molecule has 0 aliphatic heterocycles. The first kappa shape index (κ1) is 14.8. The second-order valence-electron chi connectivity index (χ2n) is 4.41. The van der Waals surface area contributed by atoms with Gasteiger partial charge in [0.15, 0.2) is 0 Å². The monoisotopic (exact) mass is 334 g/mol. The standard InChI is InChI=1S/C16H15BrO3/c17-15-9-5-4-8-13(15)10-20-11-14(16(18)19)12-6-2-1-3-7-12/h1-9,14H,10-11H2,(H,18,19). The summed E-state index contributed by atoms with van der Waals surface area (Å²) < 4.78 is 6.53. The van der Waals surface area contributed by atoms with E-state index in [1.807, 2.05) is 42.5 Å². The Morgan fingerprint density at radius 2 is 1.75 bits per heavy atom. The highest BCUT2D eigenvalue weighted by molar-refractivity contribution is 9.10. The lowest BCUT2D eigenvalue weighted by molar-refractivity contribution is -0.140. The molecule has 2 rings (SSSR count). The third-order valence-corrected chi connectivity index (χ3v) is 3.77. The number of hydrogen-bond acceptors (Lipinski definition) is 2. The maximum atomic E-state index is 11.3. The minimum absolute atomic E-state index is 0.153. The molecule has 0 aliphatic rings. The number of carboxylic acids is 1. The highest BCUT2D eigenvalue weighted by atomic mass is 79.9. The Balaban J connectivity index is 1.97.